The highest BCUT2D eigenvalue weighted by Gasteiger charge is 2.31. The monoisotopic (exact) mass is 259 g/mol. The van der Waals surface area contributed by atoms with Crippen molar-refractivity contribution in [1.82, 2.24) is 5.32 Å². The summed E-state index contributed by atoms with van der Waals surface area (Å²) in [5, 5.41) is 2.76. The average Bonchev–Trinajstić information content (AvgIpc) is 2.19. The van der Waals surface area contributed by atoms with Crippen LogP contribution in [0.4, 0.5) is 13.2 Å². The van der Waals surface area contributed by atoms with Crippen LogP contribution in [0, 0.1) is 20.8 Å². The van der Waals surface area contributed by atoms with Crippen LogP contribution in [0.1, 0.15) is 28.7 Å². The van der Waals surface area contributed by atoms with E-state index < -0.39 is 18.6 Å². The lowest BCUT2D eigenvalue weighted by Crippen LogP contribution is -2.33. The van der Waals surface area contributed by atoms with E-state index in [4.69, 9.17) is 0 Å². The van der Waals surface area contributed by atoms with Crippen LogP contribution in [0.2, 0.25) is 0 Å². The topological polar surface area (TPSA) is 12.0 Å². The predicted octanol–water partition coefficient (Wildman–Crippen LogP) is 3.69. The highest BCUT2D eigenvalue weighted by molar-refractivity contribution is 5.38. The van der Waals surface area contributed by atoms with E-state index in [1.54, 1.807) is 7.05 Å². The van der Waals surface area contributed by atoms with Crippen molar-refractivity contribution >= 4 is 0 Å². The van der Waals surface area contributed by atoms with Gasteiger partial charge in [0.1, 0.15) is 0 Å². The second-order valence-corrected chi connectivity index (χ2v) is 4.89. The van der Waals surface area contributed by atoms with E-state index in [1.807, 2.05) is 32.9 Å². The number of likely N-dealkylation sites (N-methyl/N-ethyl adjacent to an activating group) is 1. The maximum atomic E-state index is 12.4. The molecule has 0 aliphatic heterocycles. The molecule has 4 heteroatoms. The first-order chi connectivity index (χ1) is 8.23. The van der Waals surface area contributed by atoms with Gasteiger partial charge in [-0.3, -0.25) is 0 Å². The number of alkyl halides is 3. The summed E-state index contributed by atoms with van der Waals surface area (Å²) in [6.07, 6.45) is -4.51. The van der Waals surface area contributed by atoms with Crippen molar-refractivity contribution in [3.63, 3.8) is 0 Å². The number of benzene rings is 1. The number of hydrogen-bond acceptors (Lipinski definition) is 1. The minimum absolute atomic E-state index is 0.411. The van der Waals surface area contributed by atoms with Crippen molar-refractivity contribution in [1.29, 1.82) is 0 Å². The third-order valence-corrected chi connectivity index (χ3v) is 3.18. The maximum absolute atomic E-state index is 12.4. The van der Waals surface area contributed by atoms with Gasteiger partial charge in [-0.1, -0.05) is 17.7 Å². The average molecular weight is 259 g/mol. The van der Waals surface area contributed by atoms with Crippen molar-refractivity contribution in [2.45, 2.75) is 45.8 Å². The Bertz CT molecular complexity index is 387. The second-order valence-electron chi connectivity index (χ2n) is 4.89. The molecule has 0 radical (unpaired) electrons. The summed E-state index contributed by atoms with van der Waals surface area (Å²) in [5.74, 6) is 0. The maximum Gasteiger partial charge on any atom is 0.390 e. The molecule has 0 bridgehead atoms. The Hall–Kier alpha value is -1.03. The second kappa shape index (κ2) is 5.74. The lowest BCUT2D eigenvalue weighted by Gasteiger charge is -2.20. The van der Waals surface area contributed by atoms with Crippen LogP contribution in [0.25, 0.3) is 0 Å². The van der Waals surface area contributed by atoms with E-state index in [1.165, 1.54) is 0 Å². The molecule has 0 heterocycles. The molecule has 0 amide bonds. The third-order valence-electron chi connectivity index (χ3n) is 3.18. The van der Waals surface area contributed by atoms with Crippen molar-refractivity contribution in [3.05, 3.63) is 34.4 Å². The Morgan fingerprint density at radius 2 is 1.61 bits per heavy atom. The van der Waals surface area contributed by atoms with E-state index >= 15 is 0 Å². The molecule has 0 saturated carbocycles. The van der Waals surface area contributed by atoms with E-state index in [2.05, 4.69) is 5.32 Å². The molecule has 0 aliphatic rings. The summed E-state index contributed by atoms with van der Waals surface area (Å²) < 4.78 is 37.3. The third kappa shape index (κ3) is 4.33. The molecule has 0 spiro atoms. The van der Waals surface area contributed by atoms with Gasteiger partial charge in [-0.05, 0) is 50.9 Å². The molecule has 0 aliphatic carbocycles. The summed E-state index contributed by atoms with van der Waals surface area (Å²) in [7, 11) is 1.58. The molecule has 1 rings (SSSR count). The van der Waals surface area contributed by atoms with E-state index in [-0.39, 0.29) is 0 Å². The first-order valence-corrected chi connectivity index (χ1v) is 6.03. The molecule has 0 aromatic heterocycles. The van der Waals surface area contributed by atoms with Gasteiger partial charge in [0.25, 0.3) is 0 Å². The molecular formula is C14H20F3N. The Labute approximate surface area is 106 Å². The molecule has 102 valence electrons. The lowest BCUT2D eigenvalue weighted by atomic mass is 9.93. The van der Waals surface area contributed by atoms with Crippen molar-refractivity contribution in [3.8, 4) is 0 Å². The minimum Gasteiger partial charge on any atom is -0.316 e. The van der Waals surface area contributed by atoms with Gasteiger partial charge in [-0.2, -0.15) is 13.2 Å². The Kier molecular flexibility index (Phi) is 4.79. The zero-order valence-corrected chi connectivity index (χ0v) is 11.3. The van der Waals surface area contributed by atoms with Crippen LogP contribution >= 0.6 is 0 Å². The van der Waals surface area contributed by atoms with Gasteiger partial charge in [0.05, 0.1) is 6.42 Å². The normalized spacial score (nSPS) is 13.7. The van der Waals surface area contributed by atoms with Crippen LogP contribution < -0.4 is 5.32 Å². The van der Waals surface area contributed by atoms with Crippen molar-refractivity contribution in [2.24, 2.45) is 0 Å². The van der Waals surface area contributed by atoms with Crippen LogP contribution in [0.3, 0.4) is 0 Å². The van der Waals surface area contributed by atoms with Gasteiger partial charge in [0.15, 0.2) is 0 Å². The van der Waals surface area contributed by atoms with Gasteiger partial charge in [0.2, 0.25) is 0 Å². The summed E-state index contributed by atoms with van der Waals surface area (Å²) in [4.78, 5) is 0. The van der Waals surface area contributed by atoms with Crippen LogP contribution in [-0.4, -0.2) is 19.3 Å². The molecule has 1 N–H and O–H groups in total. The van der Waals surface area contributed by atoms with Crippen LogP contribution in [0.15, 0.2) is 12.1 Å². The van der Waals surface area contributed by atoms with Gasteiger partial charge in [-0.15, -0.1) is 0 Å². The predicted molar refractivity (Wildman–Crippen MR) is 67.9 cm³/mol. The Morgan fingerprint density at radius 1 is 1.11 bits per heavy atom. The molecule has 0 saturated heterocycles. The fraction of sp³-hybridized carbons (Fsp3) is 0.571. The number of aryl methyl sites for hydroxylation is 3. The largest absolute Gasteiger partial charge is 0.390 e. The first-order valence-electron chi connectivity index (χ1n) is 6.03. The van der Waals surface area contributed by atoms with E-state index in [9.17, 15) is 13.2 Å². The quantitative estimate of drug-likeness (QED) is 0.869. The minimum atomic E-state index is -4.12. The van der Waals surface area contributed by atoms with Gasteiger partial charge < -0.3 is 5.32 Å². The summed E-state index contributed by atoms with van der Waals surface area (Å²) >= 11 is 0. The number of halogens is 3. The first kappa shape index (κ1) is 15.0. The van der Waals surface area contributed by atoms with Crippen LogP contribution in [0.5, 0.6) is 0 Å². The van der Waals surface area contributed by atoms with E-state index in [0.29, 0.717) is 6.42 Å². The molecule has 18 heavy (non-hydrogen) atoms. The molecule has 1 atom stereocenters. The van der Waals surface area contributed by atoms with Gasteiger partial charge in [0, 0.05) is 6.04 Å². The van der Waals surface area contributed by atoms with Crippen LogP contribution in [-0.2, 0) is 6.42 Å². The number of rotatable bonds is 4. The fourth-order valence-electron chi connectivity index (χ4n) is 2.33. The lowest BCUT2D eigenvalue weighted by molar-refractivity contribution is -0.139. The molecule has 0 fully saturated rings. The van der Waals surface area contributed by atoms with Crippen molar-refractivity contribution in [2.75, 3.05) is 7.05 Å². The SMILES string of the molecule is CNC(Cc1c(C)cc(C)cc1C)CC(F)(F)F. The molecular weight excluding hydrogens is 239 g/mol. The number of hydrogen-bond donors (Lipinski definition) is 1. The molecule has 1 aromatic carbocycles. The molecule has 1 nitrogen and oxygen atoms in total. The zero-order valence-electron chi connectivity index (χ0n) is 11.3. The standard InChI is InChI=1S/C14H20F3N/c1-9-5-10(2)13(11(3)6-9)7-12(18-4)8-14(15,16)17/h5-6,12,18H,7-8H2,1-4H3. The van der Waals surface area contributed by atoms with E-state index in [0.717, 1.165) is 22.3 Å². The van der Waals surface area contributed by atoms with Gasteiger partial charge in [-0.25, -0.2) is 0 Å². The smallest absolute Gasteiger partial charge is 0.316 e. The highest BCUT2D eigenvalue weighted by Crippen LogP contribution is 2.25. The molecule has 1 aromatic rings. The Morgan fingerprint density at radius 3 is 2.00 bits per heavy atom. The summed E-state index contributed by atoms with van der Waals surface area (Å²) in [6.45, 7) is 5.90. The van der Waals surface area contributed by atoms with Gasteiger partial charge >= 0.3 is 6.18 Å². The Balaban J connectivity index is 2.89. The summed E-state index contributed by atoms with van der Waals surface area (Å²) in [5.41, 5.74) is 4.29. The van der Waals surface area contributed by atoms with Crippen molar-refractivity contribution < 1.29 is 13.2 Å². The highest BCUT2D eigenvalue weighted by atomic mass is 19.4. The fourth-order valence-corrected chi connectivity index (χ4v) is 2.33. The molecule has 1 unspecified atom stereocenters. The number of nitrogens with one attached hydrogen (secondary N) is 1. The summed E-state index contributed by atoms with van der Waals surface area (Å²) in [6, 6.07) is 3.47. The zero-order chi connectivity index (χ0) is 13.9.